The molecule has 3 atom stereocenters. The molecule has 0 amide bonds. The van der Waals surface area contributed by atoms with Gasteiger partial charge in [0, 0.05) is 12.1 Å². The molecule has 2 aromatic rings. The molecule has 2 rings (SSSR count). The van der Waals surface area contributed by atoms with E-state index < -0.39 is 6.10 Å². The van der Waals surface area contributed by atoms with Gasteiger partial charge in [0.15, 0.2) is 0 Å². The van der Waals surface area contributed by atoms with Gasteiger partial charge in [0.2, 0.25) is 0 Å². The van der Waals surface area contributed by atoms with Crippen LogP contribution in [0, 0.1) is 0 Å². The van der Waals surface area contributed by atoms with Crippen molar-refractivity contribution in [1.82, 2.24) is 5.32 Å². The highest BCUT2D eigenvalue weighted by molar-refractivity contribution is 5.28. The van der Waals surface area contributed by atoms with Crippen LogP contribution in [0.15, 0.2) is 54.6 Å². The van der Waals surface area contributed by atoms with Crippen molar-refractivity contribution in [1.29, 1.82) is 0 Å². The van der Waals surface area contributed by atoms with Gasteiger partial charge in [-0.15, -0.1) is 0 Å². The first-order valence-corrected chi connectivity index (χ1v) is 7.33. The summed E-state index contributed by atoms with van der Waals surface area (Å²) in [6.45, 7) is 4.09. The Hall–Kier alpha value is -1.84. The minimum atomic E-state index is -0.594. The van der Waals surface area contributed by atoms with Crippen LogP contribution >= 0.6 is 0 Å². The minimum Gasteiger partial charge on any atom is -0.508 e. The van der Waals surface area contributed by atoms with E-state index in [2.05, 4.69) is 24.4 Å². The zero-order valence-electron chi connectivity index (χ0n) is 12.5. The highest BCUT2D eigenvalue weighted by Crippen LogP contribution is 2.20. The number of phenolic OH excluding ortho intramolecular Hbond substituents is 1. The molecule has 0 aliphatic carbocycles. The molecule has 3 nitrogen and oxygen atoms in total. The first-order valence-electron chi connectivity index (χ1n) is 7.33. The van der Waals surface area contributed by atoms with E-state index in [1.807, 2.05) is 25.1 Å². The van der Waals surface area contributed by atoms with E-state index in [1.165, 1.54) is 5.56 Å². The molecular formula is C18H23NO2. The molecule has 0 bridgehead atoms. The summed E-state index contributed by atoms with van der Waals surface area (Å²) >= 11 is 0. The second kappa shape index (κ2) is 7.25. The zero-order chi connectivity index (χ0) is 15.2. The normalized spacial score (nSPS) is 15.4. The number of aromatic hydroxyl groups is 1. The summed E-state index contributed by atoms with van der Waals surface area (Å²) in [4.78, 5) is 0. The summed E-state index contributed by atoms with van der Waals surface area (Å²) < 4.78 is 0. The SMILES string of the molecule is C[C@H](Cc1ccccc1)N[C@@H](C)[C@H](O)c1ccc(O)cc1. The van der Waals surface area contributed by atoms with Crippen molar-refractivity contribution in [2.45, 2.75) is 38.5 Å². The monoisotopic (exact) mass is 285 g/mol. The van der Waals surface area contributed by atoms with E-state index in [0.29, 0.717) is 0 Å². The van der Waals surface area contributed by atoms with Crippen molar-refractivity contribution >= 4 is 0 Å². The molecule has 0 aliphatic rings. The van der Waals surface area contributed by atoms with Crippen LogP contribution in [0.3, 0.4) is 0 Å². The fourth-order valence-corrected chi connectivity index (χ4v) is 2.53. The Kier molecular flexibility index (Phi) is 5.37. The number of aliphatic hydroxyl groups excluding tert-OH is 1. The van der Waals surface area contributed by atoms with E-state index >= 15 is 0 Å². The van der Waals surface area contributed by atoms with E-state index in [9.17, 15) is 10.2 Å². The number of aliphatic hydroxyl groups is 1. The van der Waals surface area contributed by atoms with Gasteiger partial charge < -0.3 is 15.5 Å². The summed E-state index contributed by atoms with van der Waals surface area (Å²) in [5.41, 5.74) is 2.09. The number of benzene rings is 2. The third-order valence-corrected chi connectivity index (χ3v) is 3.64. The molecule has 0 fully saturated rings. The smallest absolute Gasteiger partial charge is 0.115 e. The molecular weight excluding hydrogens is 262 g/mol. The predicted octanol–water partition coefficient (Wildman–Crippen LogP) is 3.03. The summed E-state index contributed by atoms with van der Waals surface area (Å²) in [5.74, 6) is 0.212. The Balaban J connectivity index is 1.91. The van der Waals surface area contributed by atoms with E-state index in [-0.39, 0.29) is 17.8 Å². The van der Waals surface area contributed by atoms with Gasteiger partial charge in [-0.05, 0) is 43.5 Å². The van der Waals surface area contributed by atoms with Crippen LogP contribution in [0.5, 0.6) is 5.75 Å². The van der Waals surface area contributed by atoms with Crippen LogP contribution in [0.25, 0.3) is 0 Å². The van der Waals surface area contributed by atoms with Gasteiger partial charge >= 0.3 is 0 Å². The van der Waals surface area contributed by atoms with Crippen LogP contribution in [-0.4, -0.2) is 22.3 Å². The molecule has 0 aromatic heterocycles. The molecule has 0 saturated carbocycles. The summed E-state index contributed by atoms with van der Waals surface area (Å²) in [6, 6.07) is 17.2. The molecule has 3 heteroatoms. The maximum absolute atomic E-state index is 10.4. The highest BCUT2D eigenvalue weighted by Gasteiger charge is 2.18. The highest BCUT2D eigenvalue weighted by atomic mass is 16.3. The summed E-state index contributed by atoms with van der Waals surface area (Å²) in [6.07, 6.45) is 0.330. The fourth-order valence-electron chi connectivity index (χ4n) is 2.53. The number of rotatable bonds is 6. The van der Waals surface area contributed by atoms with E-state index in [0.717, 1.165) is 12.0 Å². The molecule has 0 radical (unpaired) electrons. The molecule has 21 heavy (non-hydrogen) atoms. The van der Waals surface area contributed by atoms with Crippen LogP contribution in [0.2, 0.25) is 0 Å². The average molecular weight is 285 g/mol. The lowest BCUT2D eigenvalue weighted by atomic mass is 10.0. The third-order valence-electron chi connectivity index (χ3n) is 3.64. The summed E-state index contributed by atoms with van der Waals surface area (Å²) in [7, 11) is 0. The van der Waals surface area contributed by atoms with Crippen LogP contribution in [0.4, 0.5) is 0 Å². The maximum atomic E-state index is 10.4. The fraction of sp³-hybridized carbons (Fsp3) is 0.333. The Bertz CT molecular complexity index is 539. The van der Waals surface area contributed by atoms with Gasteiger partial charge in [-0.25, -0.2) is 0 Å². The molecule has 0 saturated heterocycles. The van der Waals surface area contributed by atoms with Crippen LogP contribution < -0.4 is 5.32 Å². The van der Waals surface area contributed by atoms with E-state index in [1.54, 1.807) is 24.3 Å². The summed E-state index contributed by atoms with van der Waals surface area (Å²) in [5, 5.41) is 23.1. The number of hydrogen-bond acceptors (Lipinski definition) is 3. The van der Waals surface area contributed by atoms with Gasteiger partial charge in [0.1, 0.15) is 5.75 Å². The lowest BCUT2D eigenvalue weighted by Crippen LogP contribution is -2.39. The number of hydrogen-bond donors (Lipinski definition) is 3. The standard InChI is InChI=1S/C18H23NO2/c1-13(12-15-6-4-3-5-7-15)19-14(2)18(21)16-8-10-17(20)11-9-16/h3-11,13-14,18-21H,12H2,1-2H3/t13-,14+,18+/m1/s1. The Morgan fingerprint density at radius 1 is 0.952 bits per heavy atom. The lowest BCUT2D eigenvalue weighted by molar-refractivity contribution is 0.130. The van der Waals surface area contributed by atoms with Gasteiger partial charge in [-0.2, -0.15) is 0 Å². The van der Waals surface area contributed by atoms with Gasteiger partial charge in [-0.3, -0.25) is 0 Å². The van der Waals surface area contributed by atoms with Crippen molar-refractivity contribution < 1.29 is 10.2 Å². The third kappa shape index (κ3) is 4.59. The molecule has 0 unspecified atom stereocenters. The van der Waals surface area contributed by atoms with Crippen molar-refractivity contribution in [3.8, 4) is 5.75 Å². The second-order valence-electron chi connectivity index (χ2n) is 5.58. The zero-order valence-corrected chi connectivity index (χ0v) is 12.5. The second-order valence-corrected chi connectivity index (χ2v) is 5.58. The first kappa shape index (κ1) is 15.5. The van der Waals surface area contributed by atoms with Crippen molar-refractivity contribution in [2.75, 3.05) is 0 Å². The average Bonchev–Trinajstić information content (AvgIpc) is 2.48. The topological polar surface area (TPSA) is 52.5 Å². The predicted molar refractivity (Wildman–Crippen MR) is 85.3 cm³/mol. The Labute approximate surface area is 126 Å². The van der Waals surface area contributed by atoms with Crippen molar-refractivity contribution in [3.05, 3.63) is 65.7 Å². The van der Waals surface area contributed by atoms with Gasteiger partial charge in [0.25, 0.3) is 0 Å². The Morgan fingerprint density at radius 2 is 1.57 bits per heavy atom. The Morgan fingerprint density at radius 3 is 2.19 bits per heavy atom. The number of nitrogens with one attached hydrogen (secondary N) is 1. The molecule has 0 aliphatic heterocycles. The molecule has 3 N–H and O–H groups in total. The van der Waals surface area contributed by atoms with Gasteiger partial charge in [-0.1, -0.05) is 42.5 Å². The number of phenols is 1. The lowest BCUT2D eigenvalue weighted by Gasteiger charge is -2.25. The van der Waals surface area contributed by atoms with Crippen LogP contribution in [0.1, 0.15) is 31.1 Å². The molecule has 0 spiro atoms. The molecule has 0 heterocycles. The van der Waals surface area contributed by atoms with Gasteiger partial charge in [0.05, 0.1) is 6.10 Å². The quantitative estimate of drug-likeness (QED) is 0.764. The van der Waals surface area contributed by atoms with E-state index in [4.69, 9.17) is 0 Å². The van der Waals surface area contributed by atoms with Crippen molar-refractivity contribution in [3.63, 3.8) is 0 Å². The molecule has 112 valence electrons. The first-order chi connectivity index (χ1) is 10.1. The largest absolute Gasteiger partial charge is 0.508 e. The van der Waals surface area contributed by atoms with Crippen molar-refractivity contribution in [2.24, 2.45) is 0 Å². The molecule has 2 aromatic carbocycles. The maximum Gasteiger partial charge on any atom is 0.115 e. The van der Waals surface area contributed by atoms with Crippen LogP contribution in [-0.2, 0) is 6.42 Å². The minimum absolute atomic E-state index is 0.0618.